The summed E-state index contributed by atoms with van der Waals surface area (Å²) in [6, 6.07) is 11.3. The standard InChI is InChI=1S/C25H34N2O3/c1-7-24(3,4)18-13-14-19(30-15-20(26)28)22(25(5,6)8-2)21(18)16-11-9-10-12-17(16)23(27)29/h9-14H,7-8,15H2,1-6H3,(H2,26,28)(H2,27,29). The van der Waals surface area contributed by atoms with E-state index in [1.54, 1.807) is 6.07 Å². The van der Waals surface area contributed by atoms with Crippen LogP contribution in [0.4, 0.5) is 0 Å². The van der Waals surface area contributed by atoms with E-state index in [9.17, 15) is 9.59 Å². The van der Waals surface area contributed by atoms with Gasteiger partial charge in [0.25, 0.3) is 5.91 Å². The zero-order valence-electron chi connectivity index (χ0n) is 19.0. The molecule has 0 atom stereocenters. The molecule has 0 saturated heterocycles. The quantitative estimate of drug-likeness (QED) is 0.627. The van der Waals surface area contributed by atoms with Gasteiger partial charge in [0.1, 0.15) is 5.75 Å². The molecular formula is C25H34N2O3. The number of amides is 2. The Morgan fingerprint density at radius 1 is 0.900 bits per heavy atom. The average Bonchev–Trinajstić information content (AvgIpc) is 2.71. The van der Waals surface area contributed by atoms with E-state index in [0.717, 1.165) is 35.1 Å². The van der Waals surface area contributed by atoms with E-state index in [2.05, 4.69) is 41.5 Å². The van der Waals surface area contributed by atoms with E-state index in [1.165, 1.54) is 0 Å². The second-order valence-corrected chi connectivity index (χ2v) is 9.00. The topological polar surface area (TPSA) is 95.4 Å². The van der Waals surface area contributed by atoms with Crippen LogP contribution >= 0.6 is 0 Å². The number of hydrogen-bond acceptors (Lipinski definition) is 3. The van der Waals surface area contributed by atoms with Crippen molar-refractivity contribution in [2.75, 3.05) is 6.61 Å². The van der Waals surface area contributed by atoms with E-state index in [4.69, 9.17) is 16.2 Å². The largest absolute Gasteiger partial charge is 0.483 e. The van der Waals surface area contributed by atoms with Gasteiger partial charge in [0.05, 0.1) is 0 Å². The van der Waals surface area contributed by atoms with Gasteiger partial charge in [0, 0.05) is 11.1 Å². The van der Waals surface area contributed by atoms with Gasteiger partial charge >= 0.3 is 0 Å². The minimum atomic E-state index is -0.535. The molecular weight excluding hydrogens is 376 g/mol. The maximum absolute atomic E-state index is 12.3. The molecule has 0 saturated carbocycles. The van der Waals surface area contributed by atoms with E-state index >= 15 is 0 Å². The third kappa shape index (κ3) is 4.66. The third-order valence-electron chi connectivity index (χ3n) is 6.17. The number of hydrogen-bond donors (Lipinski definition) is 2. The summed E-state index contributed by atoms with van der Waals surface area (Å²) in [4.78, 5) is 23.7. The Morgan fingerprint density at radius 2 is 1.50 bits per heavy atom. The molecule has 5 nitrogen and oxygen atoms in total. The van der Waals surface area contributed by atoms with Crippen LogP contribution in [0.1, 0.15) is 75.9 Å². The average molecular weight is 411 g/mol. The number of carbonyl (C=O) groups excluding carboxylic acids is 2. The number of rotatable bonds is 9. The summed E-state index contributed by atoms with van der Waals surface area (Å²) in [5.74, 6) is -0.410. The van der Waals surface area contributed by atoms with Crippen molar-refractivity contribution in [1.29, 1.82) is 0 Å². The van der Waals surface area contributed by atoms with Gasteiger partial charge in [-0.2, -0.15) is 0 Å². The highest BCUT2D eigenvalue weighted by atomic mass is 16.5. The first-order valence-corrected chi connectivity index (χ1v) is 10.4. The number of primary amides is 2. The van der Waals surface area contributed by atoms with Gasteiger partial charge in [-0.1, -0.05) is 65.8 Å². The lowest BCUT2D eigenvalue weighted by atomic mass is 9.70. The van der Waals surface area contributed by atoms with Crippen molar-refractivity contribution in [3.05, 3.63) is 53.1 Å². The van der Waals surface area contributed by atoms with Crippen molar-refractivity contribution in [2.24, 2.45) is 11.5 Å². The molecule has 0 heterocycles. The summed E-state index contributed by atoms with van der Waals surface area (Å²) in [5.41, 5.74) is 14.9. The second-order valence-electron chi connectivity index (χ2n) is 9.00. The molecule has 2 rings (SSSR count). The van der Waals surface area contributed by atoms with Gasteiger partial charge in [-0.05, 0) is 52.5 Å². The Hall–Kier alpha value is -2.82. The zero-order chi connectivity index (χ0) is 22.7. The summed E-state index contributed by atoms with van der Waals surface area (Å²) < 4.78 is 5.86. The molecule has 4 N–H and O–H groups in total. The van der Waals surface area contributed by atoms with Crippen LogP contribution in [0.3, 0.4) is 0 Å². The van der Waals surface area contributed by atoms with Gasteiger partial charge in [-0.15, -0.1) is 0 Å². The zero-order valence-corrected chi connectivity index (χ0v) is 19.0. The number of ether oxygens (including phenoxy) is 1. The summed E-state index contributed by atoms with van der Waals surface area (Å²) in [5, 5.41) is 0. The lowest BCUT2D eigenvalue weighted by Crippen LogP contribution is -2.26. The van der Waals surface area contributed by atoms with Crippen molar-refractivity contribution < 1.29 is 14.3 Å². The van der Waals surface area contributed by atoms with Crippen LogP contribution in [0.15, 0.2) is 36.4 Å². The fourth-order valence-corrected chi connectivity index (χ4v) is 3.65. The highest BCUT2D eigenvalue weighted by molar-refractivity contribution is 6.01. The summed E-state index contributed by atoms with van der Waals surface area (Å²) in [7, 11) is 0. The van der Waals surface area contributed by atoms with Crippen LogP contribution < -0.4 is 16.2 Å². The molecule has 162 valence electrons. The van der Waals surface area contributed by atoms with Crippen LogP contribution in [0.5, 0.6) is 5.75 Å². The molecule has 0 fully saturated rings. The fraction of sp³-hybridized carbons (Fsp3) is 0.440. The molecule has 0 aliphatic heterocycles. The van der Waals surface area contributed by atoms with Crippen molar-refractivity contribution in [2.45, 2.75) is 65.2 Å². The Bertz CT molecular complexity index is 945. The first-order chi connectivity index (χ1) is 14.0. The van der Waals surface area contributed by atoms with Crippen LogP contribution in [-0.2, 0) is 15.6 Å². The minimum Gasteiger partial charge on any atom is -0.483 e. The van der Waals surface area contributed by atoms with Gasteiger partial charge in [-0.25, -0.2) is 0 Å². The summed E-state index contributed by atoms with van der Waals surface area (Å²) in [6.45, 7) is 12.7. The predicted molar refractivity (Wildman–Crippen MR) is 122 cm³/mol. The molecule has 2 aromatic carbocycles. The maximum atomic E-state index is 12.3. The monoisotopic (exact) mass is 410 g/mol. The van der Waals surface area contributed by atoms with E-state index in [1.807, 2.05) is 30.3 Å². The van der Waals surface area contributed by atoms with Crippen molar-refractivity contribution in [1.82, 2.24) is 0 Å². The Labute approximate surface area is 179 Å². The van der Waals surface area contributed by atoms with Crippen LogP contribution in [0.25, 0.3) is 11.1 Å². The Morgan fingerprint density at radius 3 is 2.03 bits per heavy atom. The van der Waals surface area contributed by atoms with Crippen LogP contribution in [0, 0.1) is 0 Å². The predicted octanol–water partition coefficient (Wildman–Crippen LogP) is 4.69. The molecule has 5 heteroatoms. The highest BCUT2D eigenvalue weighted by Crippen LogP contribution is 2.47. The van der Waals surface area contributed by atoms with Gasteiger partial charge in [0.15, 0.2) is 6.61 Å². The molecule has 0 aliphatic rings. The first kappa shape index (κ1) is 23.5. The molecule has 2 amide bonds. The number of nitrogens with two attached hydrogens (primary N) is 2. The normalized spacial score (nSPS) is 11.9. The maximum Gasteiger partial charge on any atom is 0.255 e. The van der Waals surface area contributed by atoms with Crippen molar-refractivity contribution in [3.8, 4) is 16.9 Å². The SMILES string of the molecule is CCC(C)(C)c1ccc(OCC(N)=O)c(C(C)(C)CC)c1-c1ccccc1C(N)=O. The summed E-state index contributed by atoms with van der Waals surface area (Å²) in [6.07, 6.45) is 1.74. The lowest BCUT2D eigenvalue weighted by molar-refractivity contribution is -0.119. The minimum absolute atomic E-state index is 0.152. The van der Waals surface area contributed by atoms with Crippen LogP contribution in [0.2, 0.25) is 0 Å². The molecule has 0 aliphatic carbocycles. The molecule has 0 bridgehead atoms. The van der Waals surface area contributed by atoms with Crippen molar-refractivity contribution in [3.63, 3.8) is 0 Å². The Kier molecular flexibility index (Phi) is 6.96. The smallest absolute Gasteiger partial charge is 0.255 e. The van der Waals surface area contributed by atoms with E-state index < -0.39 is 11.8 Å². The third-order valence-corrected chi connectivity index (χ3v) is 6.17. The van der Waals surface area contributed by atoms with Gasteiger partial charge in [0.2, 0.25) is 5.91 Å². The fourth-order valence-electron chi connectivity index (χ4n) is 3.65. The summed E-state index contributed by atoms with van der Waals surface area (Å²) >= 11 is 0. The van der Waals surface area contributed by atoms with E-state index in [0.29, 0.717) is 11.3 Å². The lowest BCUT2D eigenvalue weighted by Gasteiger charge is -2.35. The molecule has 0 spiro atoms. The molecule has 0 radical (unpaired) electrons. The van der Waals surface area contributed by atoms with Gasteiger partial charge < -0.3 is 16.2 Å². The molecule has 0 aromatic heterocycles. The first-order valence-electron chi connectivity index (χ1n) is 10.4. The Balaban J connectivity index is 3.02. The highest BCUT2D eigenvalue weighted by Gasteiger charge is 2.33. The number of benzene rings is 2. The molecule has 2 aromatic rings. The number of carbonyl (C=O) groups is 2. The van der Waals surface area contributed by atoms with Crippen LogP contribution in [-0.4, -0.2) is 18.4 Å². The molecule has 30 heavy (non-hydrogen) atoms. The van der Waals surface area contributed by atoms with Crippen molar-refractivity contribution >= 4 is 11.8 Å². The van der Waals surface area contributed by atoms with Gasteiger partial charge in [-0.3, -0.25) is 9.59 Å². The molecule has 0 unspecified atom stereocenters. The van der Waals surface area contributed by atoms with E-state index in [-0.39, 0.29) is 17.4 Å². The second kappa shape index (κ2) is 8.90.